The van der Waals surface area contributed by atoms with Crippen molar-refractivity contribution in [3.05, 3.63) is 11.8 Å². The molecule has 1 aromatic rings. The first-order valence-corrected chi connectivity index (χ1v) is 5.55. The van der Waals surface area contributed by atoms with Crippen LogP contribution in [-0.2, 0) is 4.74 Å². The van der Waals surface area contributed by atoms with Crippen molar-refractivity contribution in [1.82, 2.24) is 9.97 Å². The van der Waals surface area contributed by atoms with E-state index in [1.165, 1.54) is 0 Å². The van der Waals surface area contributed by atoms with E-state index in [1.807, 2.05) is 6.92 Å². The van der Waals surface area contributed by atoms with Crippen molar-refractivity contribution >= 4 is 11.8 Å². The fraction of sp³-hybridized carbons (Fsp3) is 0.636. The highest BCUT2D eigenvalue weighted by molar-refractivity contribution is 5.49. The molecule has 2 rings (SSSR count). The number of aromatic nitrogens is 2. The molecule has 0 aromatic carbocycles. The standard InChI is InChI=1S/C11H18N4O/c1-7-4-13-11(12)14-10(7)15-5-9(3)16-6-8(15)2/h4,8-9H,5-6H2,1-3H3,(H2,12,13,14). The Morgan fingerprint density at radius 2 is 2.25 bits per heavy atom. The van der Waals surface area contributed by atoms with E-state index < -0.39 is 0 Å². The summed E-state index contributed by atoms with van der Waals surface area (Å²) in [7, 11) is 0. The van der Waals surface area contributed by atoms with Gasteiger partial charge in [0.15, 0.2) is 0 Å². The molecule has 1 aliphatic heterocycles. The minimum Gasteiger partial charge on any atom is -0.375 e. The van der Waals surface area contributed by atoms with Crippen LogP contribution in [0.3, 0.4) is 0 Å². The van der Waals surface area contributed by atoms with Gasteiger partial charge < -0.3 is 15.4 Å². The highest BCUT2D eigenvalue weighted by Gasteiger charge is 2.25. The third-order valence-electron chi connectivity index (χ3n) is 2.84. The molecule has 0 amide bonds. The van der Waals surface area contributed by atoms with Crippen LogP contribution in [0.4, 0.5) is 11.8 Å². The van der Waals surface area contributed by atoms with Crippen molar-refractivity contribution in [1.29, 1.82) is 0 Å². The van der Waals surface area contributed by atoms with Crippen molar-refractivity contribution < 1.29 is 4.74 Å². The maximum absolute atomic E-state index is 5.63. The molecule has 2 atom stereocenters. The van der Waals surface area contributed by atoms with Crippen LogP contribution in [-0.4, -0.2) is 35.3 Å². The van der Waals surface area contributed by atoms with Gasteiger partial charge in [0.2, 0.25) is 5.95 Å². The van der Waals surface area contributed by atoms with Gasteiger partial charge in [-0.2, -0.15) is 4.98 Å². The third kappa shape index (κ3) is 2.09. The Hall–Kier alpha value is -1.36. The van der Waals surface area contributed by atoms with E-state index in [0.29, 0.717) is 12.0 Å². The lowest BCUT2D eigenvalue weighted by Gasteiger charge is -2.38. The number of morpholine rings is 1. The Morgan fingerprint density at radius 3 is 3.00 bits per heavy atom. The molecule has 1 fully saturated rings. The first-order chi connectivity index (χ1) is 7.58. The molecule has 0 spiro atoms. The lowest BCUT2D eigenvalue weighted by atomic mass is 10.2. The molecule has 2 unspecified atom stereocenters. The van der Waals surface area contributed by atoms with Gasteiger partial charge in [-0.1, -0.05) is 0 Å². The monoisotopic (exact) mass is 222 g/mol. The number of ether oxygens (including phenoxy) is 1. The normalized spacial score (nSPS) is 25.8. The quantitative estimate of drug-likeness (QED) is 0.767. The molecule has 1 aromatic heterocycles. The van der Waals surface area contributed by atoms with Crippen LogP contribution in [0.5, 0.6) is 0 Å². The topological polar surface area (TPSA) is 64.3 Å². The summed E-state index contributed by atoms with van der Waals surface area (Å²) in [4.78, 5) is 10.5. The van der Waals surface area contributed by atoms with Crippen LogP contribution in [0.1, 0.15) is 19.4 Å². The molecule has 0 bridgehead atoms. The average Bonchev–Trinajstić information content (AvgIpc) is 2.25. The molecule has 1 saturated heterocycles. The Balaban J connectivity index is 2.30. The Morgan fingerprint density at radius 1 is 1.50 bits per heavy atom. The largest absolute Gasteiger partial charge is 0.375 e. The fourth-order valence-electron chi connectivity index (χ4n) is 1.94. The molecule has 88 valence electrons. The molecular weight excluding hydrogens is 204 g/mol. The zero-order valence-corrected chi connectivity index (χ0v) is 9.97. The Bertz CT molecular complexity index is 382. The van der Waals surface area contributed by atoms with E-state index >= 15 is 0 Å². The summed E-state index contributed by atoms with van der Waals surface area (Å²) in [6.45, 7) is 7.77. The number of nitrogen functional groups attached to an aromatic ring is 1. The molecule has 2 N–H and O–H groups in total. The van der Waals surface area contributed by atoms with Gasteiger partial charge in [-0.3, -0.25) is 0 Å². The maximum atomic E-state index is 5.63. The molecule has 5 nitrogen and oxygen atoms in total. The van der Waals surface area contributed by atoms with Gasteiger partial charge in [0.1, 0.15) is 5.82 Å². The molecule has 0 radical (unpaired) electrons. The molecule has 2 heterocycles. The van der Waals surface area contributed by atoms with Gasteiger partial charge >= 0.3 is 0 Å². The van der Waals surface area contributed by atoms with Crippen LogP contribution in [0.25, 0.3) is 0 Å². The fourth-order valence-corrected chi connectivity index (χ4v) is 1.94. The van der Waals surface area contributed by atoms with Crippen molar-refractivity contribution in [2.75, 3.05) is 23.8 Å². The first kappa shape index (κ1) is 11.1. The van der Waals surface area contributed by atoms with E-state index in [-0.39, 0.29) is 6.10 Å². The van der Waals surface area contributed by atoms with Gasteiger partial charge in [-0.25, -0.2) is 4.98 Å². The lowest BCUT2D eigenvalue weighted by molar-refractivity contribution is 0.0340. The van der Waals surface area contributed by atoms with Crippen molar-refractivity contribution in [2.24, 2.45) is 0 Å². The minimum absolute atomic E-state index is 0.229. The van der Waals surface area contributed by atoms with Crippen molar-refractivity contribution in [2.45, 2.75) is 32.9 Å². The van der Waals surface area contributed by atoms with Gasteiger partial charge in [-0.15, -0.1) is 0 Å². The zero-order valence-electron chi connectivity index (χ0n) is 9.97. The summed E-state index contributed by atoms with van der Waals surface area (Å²) in [6, 6.07) is 0.323. The minimum atomic E-state index is 0.229. The van der Waals surface area contributed by atoms with E-state index in [4.69, 9.17) is 10.5 Å². The predicted octanol–water partition coefficient (Wildman–Crippen LogP) is 0.981. The summed E-state index contributed by atoms with van der Waals surface area (Å²) >= 11 is 0. The van der Waals surface area contributed by atoms with Crippen LogP contribution in [0, 0.1) is 6.92 Å². The second-order valence-corrected chi connectivity index (χ2v) is 4.38. The summed E-state index contributed by atoms with van der Waals surface area (Å²) in [6.07, 6.45) is 2.00. The Kier molecular flexibility index (Phi) is 2.96. The molecule has 0 saturated carbocycles. The van der Waals surface area contributed by atoms with E-state index in [0.717, 1.165) is 24.5 Å². The van der Waals surface area contributed by atoms with Gasteiger partial charge in [0.05, 0.1) is 18.8 Å². The van der Waals surface area contributed by atoms with E-state index in [1.54, 1.807) is 6.20 Å². The number of hydrogen-bond acceptors (Lipinski definition) is 5. The summed E-state index contributed by atoms with van der Waals surface area (Å²) < 4.78 is 5.60. The molecule has 5 heteroatoms. The first-order valence-electron chi connectivity index (χ1n) is 5.55. The number of aryl methyl sites for hydroxylation is 1. The number of anilines is 2. The number of nitrogens with zero attached hydrogens (tertiary/aromatic N) is 3. The average molecular weight is 222 g/mol. The zero-order chi connectivity index (χ0) is 11.7. The van der Waals surface area contributed by atoms with Crippen molar-refractivity contribution in [3.63, 3.8) is 0 Å². The highest BCUT2D eigenvalue weighted by atomic mass is 16.5. The van der Waals surface area contributed by atoms with Gasteiger partial charge in [0.25, 0.3) is 0 Å². The highest BCUT2D eigenvalue weighted by Crippen LogP contribution is 2.23. The number of rotatable bonds is 1. The van der Waals surface area contributed by atoms with Crippen LogP contribution < -0.4 is 10.6 Å². The van der Waals surface area contributed by atoms with E-state index in [9.17, 15) is 0 Å². The lowest BCUT2D eigenvalue weighted by Crippen LogP contribution is -2.48. The van der Waals surface area contributed by atoms with Crippen LogP contribution in [0.15, 0.2) is 6.20 Å². The second kappa shape index (κ2) is 4.25. The molecule has 1 aliphatic rings. The number of hydrogen-bond donors (Lipinski definition) is 1. The summed E-state index contributed by atoms with van der Waals surface area (Å²) in [5, 5.41) is 0. The van der Waals surface area contributed by atoms with Crippen LogP contribution in [0.2, 0.25) is 0 Å². The smallest absolute Gasteiger partial charge is 0.221 e. The molecule has 0 aliphatic carbocycles. The molecule has 16 heavy (non-hydrogen) atoms. The predicted molar refractivity (Wildman–Crippen MR) is 63.4 cm³/mol. The summed E-state index contributed by atoms with van der Waals surface area (Å²) in [5.74, 6) is 1.25. The van der Waals surface area contributed by atoms with Crippen LogP contribution >= 0.6 is 0 Å². The number of nitrogens with two attached hydrogens (primary N) is 1. The third-order valence-corrected chi connectivity index (χ3v) is 2.84. The second-order valence-electron chi connectivity index (χ2n) is 4.38. The maximum Gasteiger partial charge on any atom is 0.221 e. The SMILES string of the molecule is Cc1cnc(N)nc1N1CC(C)OCC1C. The van der Waals surface area contributed by atoms with E-state index in [2.05, 4.69) is 28.7 Å². The van der Waals surface area contributed by atoms with Gasteiger partial charge in [0, 0.05) is 18.3 Å². The molecular formula is C11H18N4O. The Labute approximate surface area is 95.6 Å². The van der Waals surface area contributed by atoms with Gasteiger partial charge in [-0.05, 0) is 20.8 Å². The van der Waals surface area contributed by atoms with Crippen molar-refractivity contribution in [3.8, 4) is 0 Å². The summed E-state index contributed by atoms with van der Waals surface area (Å²) in [5.41, 5.74) is 6.69.